The molecule has 0 bridgehead atoms. The molecule has 8 heteroatoms. The van der Waals surface area contributed by atoms with Crippen molar-refractivity contribution in [2.45, 2.75) is 18.7 Å². The summed E-state index contributed by atoms with van der Waals surface area (Å²) in [5.41, 5.74) is 0.439. The van der Waals surface area contributed by atoms with Crippen molar-refractivity contribution >= 4 is 15.5 Å². The summed E-state index contributed by atoms with van der Waals surface area (Å²) in [6.45, 7) is 0.147. The summed E-state index contributed by atoms with van der Waals surface area (Å²) in [5, 5.41) is 23.3. The summed E-state index contributed by atoms with van der Waals surface area (Å²) < 4.78 is 22.7. The third-order valence-electron chi connectivity index (χ3n) is 3.07. The molecule has 1 fully saturated rings. The first-order valence-electron chi connectivity index (χ1n) is 5.73. The van der Waals surface area contributed by atoms with Crippen molar-refractivity contribution in [3.05, 3.63) is 39.9 Å². The van der Waals surface area contributed by atoms with Crippen LogP contribution in [0, 0.1) is 10.1 Å². The molecule has 2 N–H and O–H groups in total. The van der Waals surface area contributed by atoms with E-state index in [2.05, 4.69) is 5.32 Å². The number of aliphatic hydroxyl groups is 1. The molecule has 1 heterocycles. The lowest BCUT2D eigenvalue weighted by atomic mass is 10.1. The van der Waals surface area contributed by atoms with Gasteiger partial charge < -0.3 is 10.4 Å². The Bertz CT molecular complexity index is 587. The second-order valence-electron chi connectivity index (χ2n) is 4.52. The Kier molecular flexibility index (Phi) is 3.83. The molecule has 1 aromatic rings. The number of nitrogens with one attached hydrogen (secondary N) is 1. The number of sulfone groups is 1. The fourth-order valence-corrected chi connectivity index (χ4v) is 3.88. The maximum atomic E-state index is 11.3. The van der Waals surface area contributed by atoms with Crippen LogP contribution in [0.4, 0.5) is 5.69 Å². The largest absolute Gasteiger partial charge is 0.390 e. The van der Waals surface area contributed by atoms with Crippen molar-refractivity contribution in [1.29, 1.82) is 0 Å². The van der Waals surface area contributed by atoms with Crippen LogP contribution in [0.15, 0.2) is 24.3 Å². The van der Waals surface area contributed by atoms with Crippen LogP contribution in [0.1, 0.15) is 5.56 Å². The highest BCUT2D eigenvalue weighted by Gasteiger charge is 2.36. The van der Waals surface area contributed by atoms with Gasteiger partial charge in [-0.05, 0) is 0 Å². The van der Waals surface area contributed by atoms with Crippen molar-refractivity contribution < 1.29 is 18.4 Å². The van der Waals surface area contributed by atoms with Crippen LogP contribution >= 0.6 is 0 Å². The molecule has 0 aliphatic carbocycles. The van der Waals surface area contributed by atoms with Gasteiger partial charge in [0, 0.05) is 24.2 Å². The Labute approximate surface area is 110 Å². The highest BCUT2D eigenvalue weighted by molar-refractivity contribution is 7.91. The minimum absolute atomic E-state index is 0.0228. The van der Waals surface area contributed by atoms with Gasteiger partial charge in [-0.3, -0.25) is 10.1 Å². The summed E-state index contributed by atoms with van der Waals surface area (Å²) in [6.07, 6.45) is -0.965. The molecule has 0 spiro atoms. The highest BCUT2D eigenvalue weighted by atomic mass is 32.2. The average Bonchev–Trinajstić information content (AvgIpc) is 2.60. The van der Waals surface area contributed by atoms with Gasteiger partial charge in [0.2, 0.25) is 0 Å². The van der Waals surface area contributed by atoms with E-state index in [0.29, 0.717) is 5.56 Å². The van der Waals surface area contributed by atoms with Gasteiger partial charge in [0.05, 0.1) is 22.5 Å². The molecule has 7 nitrogen and oxygen atoms in total. The fraction of sp³-hybridized carbons (Fsp3) is 0.455. The highest BCUT2D eigenvalue weighted by Crippen LogP contribution is 2.19. The molecule has 0 amide bonds. The predicted molar refractivity (Wildman–Crippen MR) is 68.4 cm³/mol. The lowest BCUT2D eigenvalue weighted by Gasteiger charge is -2.14. The minimum atomic E-state index is -3.22. The van der Waals surface area contributed by atoms with Crippen LogP contribution in [0.2, 0.25) is 0 Å². The number of nitro benzene ring substituents is 1. The van der Waals surface area contributed by atoms with Crippen molar-refractivity contribution in [2.24, 2.45) is 0 Å². The van der Waals surface area contributed by atoms with Gasteiger partial charge in [0.1, 0.15) is 0 Å². The van der Waals surface area contributed by atoms with E-state index in [9.17, 15) is 23.6 Å². The second-order valence-corrected chi connectivity index (χ2v) is 6.67. The van der Waals surface area contributed by atoms with Gasteiger partial charge in [0.15, 0.2) is 9.84 Å². The molecular formula is C11H14N2O5S. The van der Waals surface area contributed by atoms with E-state index >= 15 is 0 Å². The van der Waals surface area contributed by atoms with E-state index in [1.165, 1.54) is 6.07 Å². The Morgan fingerprint density at radius 3 is 2.63 bits per heavy atom. The molecule has 1 aliphatic heterocycles. The van der Waals surface area contributed by atoms with Crippen molar-refractivity contribution in [1.82, 2.24) is 5.32 Å². The Hall–Kier alpha value is -1.51. The van der Waals surface area contributed by atoms with Crippen LogP contribution in [0.3, 0.4) is 0 Å². The third kappa shape index (κ3) is 3.28. The van der Waals surface area contributed by atoms with Gasteiger partial charge in [-0.2, -0.15) is 0 Å². The lowest BCUT2D eigenvalue weighted by Crippen LogP contribution is -2.38. The zero-order chi connectivity index (χ0) is 14.0. The number of rotatable bonds is 4. The van der Waals surface area contributed by atoms with E-state index in [0.717, 1.165) is 0 Å². The van der Waals surface area contributed by atoms with Gasteiger partial charge in [0.25, 0.3) is 5.69 Å². The molecular weight excluding hydrogens is 272 g/mol. The number of nitrogens with zero attached hydrogens (tertiary/aromatic N) is 1. The maximum absolute atomic E-state index is 11.3. The molecule has 2 rings (SSSR count). The first-order valence-corrected chi connectivity index (χ1v) is 7.55. The summed E-state index contributed by atoms with van der Waals surface area (Å²) >= 11 is 0. The van der Waals surface area contributed by atoms with Crippen molar-refractivity contribution in [2.75, 3.05) is 11.5 Å². The Morgan fingerprint density at radius 2 is 2.05 bits per heavy atom. The summed E-state index contributed by atoms with van der Waals surface area (Å²) in [6, 6.07) is 5.65. The van der Waals surface area contributed by atoms with Crippen molar-refractivity contribution in [3.63, 3.8) is 0 Å². The monoisotopic (exact) mass is 286 g/mol. The molecule has 2 unspecified atom stereocenters. The molecule has 0 aromatic heterocycles. The Balaban J connectivity index is 2.06. The van der Waals surface area contributed by atoms with Gasteiger partial charge in [-0.1, -0.05) is 18.2 Å². The normalized spacial score (nSPS) is 25.3. The topological polar surface area (TPSA) is 110 Å². The molecule has 1 saturated heterocycles. The summed E-state index contributed by atoms with van der Waals surface area (Å²) in [7, 11) is -3.22. The van der Waals surface area contributed by atoms with E-state index in [-0.39, 0.29) is 23.7 Å². The smallest absolute Gasteiger partial charge is 0.273 e. The van der Waals surface area contributed by atoms with E-state index in [4.69, 9.17) is 0 Å². The first kappa shape index (κ1) is 13.9. The lowest BCUT2D eigenvalue weighted by molar-refractivity contribution is -0.385. The zero-order valence-corrected chi connectivity index (χ0v) is 10.8. The predicted octanol–water partition coefficient (Wildman–Crippen LogP) is -0.158. The number of hydrogen-bond acceptors (Lipinski definition) is 6. The van der Waals surface area contributed by atoms with Gasteiger partial charge in [-0.15, -0.1) is 0 Å². The Morgan fingerprint density at radius 1 is 1.37 bits per heavy atom. The number of nitro groups is 1. The van der Waals surface area contributed by atoms with Crippen LogP contribution in [0.5, 0.6) is 0 Å². The molecule has 2 atom stereocenters. The number of aliphatic hydroxyl groups excluding tert-OH is 1. The van der Waals surface area contributed by atoms with Crippen LogP contribution in [-0.2, 0) is 16.4 Å². The van der Waals surface area contributed by atoms with E-state index < -0.39 is 26.9 Å². The molecule has 1 aromatic carbocycles. The summed E-state index contributed by atoms with van der Waals surface area (Å²) in [4.78, 5) is 10.3. The molecule has 19 heavy (non-hydrogen) atoms. The third-order valence-corrected chi connectivity index (χ3v) is 4.78. The van der Waals surface area contributed by atoms with Crippen LogP contribution < -0.4 is 5.32 Å². The van der Waals surface area contributed by atoms with E-state index in [1.807, 2.05) is 0 Å². The standard InChI is InChI=1S/C11H14N2O5S/c14-11-7-19(17,18)6-9(11)12-5-8-3-1-2-4-10(8)13(15)16/h1-4,9,11-12,14H,5-7H2. The number of benzene rings is 1. The molecule has 0 saturated carbocycles. The quantitative estimate of drug-likeness (QED) is 0.588. The molecule has 1 aliphatic rings. The SMILES string of the molecule is O=[N+]([O-])c1ccccc1CNC1CS(=O)(=O)CC1O. The van der Waals surface area contributed by atoms with Crippen LogP contribution in [-0.4, -0.2) is 42.1 Å². The van der Waals surface area contributed by atoms with Crippen molar-refractivity contribution in [3.8, 4) is 0 Å². The molecule has 104 valence electrons. The number of para-hydroxylation sites is 1. The maximum Gasteiger partial charge on any atom is 0.273 e. The first-order chi connectivity index (χ1) is 8.89. The van der Waals surface area contributed by atoms with Gasteiger partial charge in [-0.25, -0.2) is 8.42 Å². The fourth-order valence-electron chi connectivity index (χ4n) is 2.10. The van der Waals surface area contributed by atoms with E-state index in [1.54, 1.807) is 18.2 Å². The average molecular weight is 286 g/mol. The zero-order valence-electron chi connectivity index (χ0n) is 10.0. The number of hydrogen-bond donors (Lipinski definition) is 2. The van der Waals surface area contributed by atoms with Crippen LogP contribution in [0.25, 0.3) is 0 Å². The summed E-state index contributed by atoms with van der Waals surface area (Å²) in [5.74, 6) is -0.406. The van der Waals surface area contributed by atoms with Gasteiger partial charge >= 0.3 is 0 Å². The minimum Gasteiger partial charge on any atom is -0.390 e. The second kappa shape index (κ2) is 5.24. The molecule has 0 radical (unpaired) electrons.